The van der Waals surface area contributed by atoms with Crippen LogP contribution in [0.1, 0.15) is 32.3 Å². The molecular formula is C16H24N2O2. The van der Waals surface area contributed by atoms with Gasteiger partial charge in [-0.15, -0.1) is 0 Å². The van der Waals surface area contributed by atoms with E-state index in [2.05, 4.69) is 5.32 Å². The van der Waals surface area contributed by atoms with E-state index in [1.807, 2.05) is 45.0 Å². The zero-order valence-electron chi connectivity index (χ0n) is 12.6. The van der Waals surface area contributed by atoms with Crippen molar-refractivity contribution in [3.05, 3.63) is 29.8 Å². The van der Waals surface area contributed by atoms with E-state index < -0.39 is 0 Å². The molecule has 1 aromatic rings. The largest absolute Gasteiger partial charge is 0.376 e. The van der Waals surface area contributed by atoms with E-state index in [1.165, 1.54) is 0 Å². The molecule has 2 atom stereocenters. The van der Waals surface area contributed by atoms with Gasteiger partial charge in [0.05, 0.1) is 12.1 Å². The van der Waals surface area contributed by atoms with Crippen molar-refractivity contribution >= 4 is 11.7 Å². The molecule has 0 aromatic heterocycles. The second-order valence-corrected chi connectivity index (χ2v) is 5.37. The third-order valence-corrected chi connectivity index (χ3v) is 3.75. The van der Waals surface area contributed by atoms with E-state index in [-0.39, 0.29) is 18.2 Å². The highest BCUT2D eigenvalue weighted by atomic mass is 16.5. The van der Waals surface area contributed by atoms with Gasteiger partial charge >= 0.3 is 6.03 Å². The number of aryl methyl sites for hydroxylation is 1. The fourth-order valence-corrected chi connectivity index (χ4v) is 2.60. The minimum Gasteiger partial charge on any atom is -0.376 e. The Morgan fingerprint density at radius 1 is 1.55 bits per heavy atom. The second kappa shape index (κ2) is 6.75. The normalized spacial score (nSPS) is 19.6. The van der Waals surface area contributed by atoms with Crippen LogP contribution in [0.15, 0.2) is 24.3 Å². The fraction of sp³-hybridized carbons (Fsp3) is 0.562. The van der Waals surface area contributed by atoms with Crippen LogP contribution in [0.5, 0.6) is 0 Å². The van der Waals surface area contributed by atoms with Crippen LogP contribution in [0.25, 0.3) is 0 Å². The van der Waals surface area contributed by atoms with Gasteiger partial charge in [-0.05, 0) is 51.3 Å². The van der Waals surface area contributed by atoms with Crippen LogP contribution in [0.4, 0.5) is 10.5 Å². The van der Waals surface area contributed by atoms with Gasteiger partial charge in [-0.25, -0.2) is 4.79 Å². The highest BCUT2D eigenvalue weighted by Crippen LogP contribution is 2.18. The average molecular weight is 276 g/mol. The van der Waals surface area contributed by atoms with Crippen LogP contribution in [0.3, 0.4) is 0 Å². The molecule has 0 radical (unpaired) electrons. The van der Waals surface area contributed by atoms with E-state index in [9.17, 15) is 4.79 Å². The Morgan fingerprint density at radius 3 is 2.95 bits per heavy atom. The van der Waals surface area contributed by atoms with Gasteiger partial charge in [0.1, 0.15) is 0 Å². The van der Waals surface area contributed by atoms with Crippen molar-refractivity contribution in [1.82, 2.24) is 5.32 Å². The van der Waals surface area contributed by atoms with Crippen molar-refractivity contribution in [3.63, 3.8) is 0 Å². The number of nitrogens with one attached hydrogen (secondary N) is 1. The van der Waals surface area contributed by atoms with Crippen molar-refractivity contribution < 1.29 is 9.53 Å². The number of urea groups is 1. The van der Waals surface area contributed by atoms with Crippen LogP contribution in [-0.2, 0) is 4.74 Å². The molecule has 1 N–H and O–H groups in total. The summed E-state index contributed by atoms with van der Waals surface area (Å²) in [6.45, 7) is 7.48. The Bertz CT molecular complexity index is 456. The van der Waals surface area contributed by atoms with Crippen molar-refractivity contribution in [2.24, 2.45) is 0 Å². The number of benzene rings is 1. The predicted octanol–water partition coefficient (Wildman–Crippen LogP) is 3.10. The Kier molecular flexibility index (Phi) is 5.01. The van der Waals surface area contributed by atoms with Crippen LogP contribution >= 0.6 is 0 Å². The lowest BCUT2D eigenvalue weighted by molar-refractivity contribution is 0.0864. The monoisotopic (exact) mass is 276 g/mol. The van der Waals surface area contributed by atoms with E-state index in [4.69, 9.17) is 4.74 Å². The Balaban J connectivity index is 2.01. The molecule has 20 heavy (non-hydrogen) atoms. The van der Waals surface area contributed by atoms with Crippen molar-refractivity contribution in [2.45, 2.75) is 45.8 Å². The summed E-state index contributed by atoms with van der Waals surface area (Å²) in [6.07, 6.45) is 2.26. The van der Waals surface area contributed by atoms with Crippen LogP contribution in [-0.4, -0.2) is 31.3 Å². The van der Waals surface area contributed by atoms with Gasteiger partial charge in [-0.1, -0.05) is 12.1 Å². The molecule has 4 heteroatoms. The molecule has 0 unspecified atom stereocenters. The van der Waals surface area contributed by atoms with Gasteiger partial charge in [0.25, 0.3) is 0 Å². The Labute approximate surface area is 121 Å². The number of hydrogen-bond acceptors (Lipinski definition) is 2. The number of carbonyl (C=O) groups excluding carboxylic acids is 1. The van der Waals surface area contributed by atoms with Gasteiger partial charge in [-0.3, -0.25) is 4.90 Å². The number of ether oxygens (including phenoxy) is 1. The molecule has 2 rings (SSSR count). The van der Waals surface area contributed by atoms with E-state index in [0.29, 0.717) is 6.54 Å². The summed E-state index contributed by atoms with van der Waals surface area (Å²) in [7, 11) is 0. The summed E-state index contributed by atoms with van der Waals surface area (Å²) in [6, 6.07) is 7.99. The second-order valence-electron chi connectivity index (χ2n) is 5.37. The van der Waals surface area contributed by atoms with Gasteiger partial charge in [0.15, 0.2) is 0 Å². The summed E-state index contributed by atoms with van der Waals surface area (Å²) < 4.78 is 5.62. The molecule has 1 aliphatic rings. The fourth-order valence-electron chi connectivity index (χ4n) is 2.60. The summed E-state index contributed by atoms with van der Waals surface area (Å²) in [5.74, 6) is 0. The topological polar surface area (TPSA) is 41.6 Å². The molecule has 0 saturated carbocycles. The molecule has 1 aromatic carbocycles. The highest BCUT2D eigenvalue weighted by molar-refractivity contribution is 5.92. The first kappa shape index (κ1) is 14.9. The summed E-state index contributed by atoms with van der Waals surface area (Å²) in [5.41, 5.74) is 2.09. The molecule has 2 amide bonds. The third kappa shape index (κ3) is 3.51. The average Bonchev–Trinajstić information content (AvgIpc) is 2.93. The molecule has 110 valence electrons. The summed E-state index contributed by atoms with van der Waals surface area (Å²) in [5, 5.41) is 3.05. The summed E-state index contributed by atoms with van der Waals surface area (Å²) in [4.78, 5) is 14.2. The third-order valence-electron chi connectivity index (χ3n) is 3.75. The highest BCUT2D eigenvalue weighted by Gasteiger charge is 2.25. The van der Waals surface area contributed by atoms with Crippen LogP contribution < -0.4 is 10.2 Å². The number of hydrogen-bond donors (Lipinski definition) is 1. The van der Waals surface area contributed by atoms with Gasteiger partial charge in [0.2, 0.25) is 0 Å². The lowest BCUT2D eigenvalue weighted by Gasteiger charge is -2.26. The maximum absolute atomic E-state index is 12.4. The van der Waals surface area contributed by atoms with Crippen molar-refractivity contribution in [1.29, 1.82) is 0 Å². The molecule has 1 heterocycles. The van der Waals surface area contributed by atoms with E-state index in [1.54, 1.807) is 4.90 Å². The molecule has 0 spiro atoms. The first-order valence-electron chi connectivity index (χ1n) is 7.38. The molecular weight excluding hydrogens is 252 g/mol. The minimum absolute atomic E-state index is 0.0452. The molecule has 1 fully saturated rings. The van der Waals surface area contributed by atoms with Crippen molar-refractivity contribution in [2.75, 3.05) is 18.1 Å². The molecule has 4 nitrogen and oxygen atoms in total. The van der Waals surface area contributed by atoms with Crippen molar-refractivity contribution in [3.8, 4) is 0 Å². The zero-order chi connectivity index (χ0) is 14.5. The molecule has 0 aliphatic carbocycles. The lowest BCUT2D eigenvalue weighted by atomic mass is 10.1. The summed E-state index contributed by atoms with van der Waals surface area (Å²) >= 11 is 0. The number of anilines is 1. The SMILES string of the molecule is CCN(C(=O)N[C@H](C)[C@@H]1CCCO1)c1cccc(C)c1. The first-order valence-corrected chi connectivity index (χ1v) is 7.38. The standard InChI is InChI=1S/C16H24N2O2/c1-4-18(14-8-5-7-12(2)11-14)16(19)17-13(3)15-9-6-10-20-15/h5,7-8,11,13,15H,4,6,9-10H2,1-3H3,(H,17,19)/t13-,15+/m1/s1. The lowest BCUT2D eigenvalue weighted by Crippen LogP contribution is -2.48. The molecule has 0 bridgehead atoms. The van der Waals surface area contributed by atoms with Crippen LogP contribution in [0, 0.1) is 6.92 Å². The van der Waals surface area contributed by atoms with E-state index >= 15 is 0 Å². The number of amides is 2. The molecule has 1 aliphatic heterocycles. The Morgan fingerprint density at radius 2 is 2.35 bits per heavy atom. The van der Waals surface area contributed by atoms with Crippen LogP contribution in [0.2, 0.25) is 0 Å². The quantitative estimate of drug-likeness (QED) is 0.918. The maximum atomic E-state index is 12.4. The number of carbonyl (C=O) groups is 1. The predicted molar refractivity (Wildman–Crippen MR) is 81.2 cm³/mol. The first-order chi connectivity index (χ1) is 9.61. The molecule has 1 saturated heterocycles. The number of rotatable bonds is 4. The smallest absolute Gasteiger partial charge is 0.322 e. The Hall–Kier alpha value is -1.55. The van der Waals surface area contributed by atoms with Gasteiger partial charge in [-0.2, -0.15) is 0 Å². The van der Waals surface area contributed by atoms with Gasteiger partial charge < -0.3 is 10.1 Å². The maximum Gasteiger partial charge on any atom is 0.322 e. The number of nitrogens with zero attached hydrogens (tertiary/aromatic N) is 1. The van der Waals surface area contributed by atoms with Gasteiger partial charge in [0, 0.05) is 18.8 Å². The zero-order valence-corrected chi connectivity index (χ0v) is 12.6. The van der Waals surface area contributed by atoms with E-state index in [0.717, 1.165) is 30.7 Å². The minimum atomic E-state index is -0.0545.